The Morgan fingerprint density at radius 2 is 2.12 bits per heavy atom. The van der Waals surface area contributed by atoms with Crippen LogP contribution in [0.4, 0.5) is 0 Å². The lowest BCUT2D eigenvalue weighted by Gasteiger charge is -1.72. The quantitative estimate of drug-likeness (QED) is 0.451. The minimum Gasteiger partial charge on any atom is -0.0805 e. The summed E-state index contributed by atoms with van der Waals surface area (Å²) in [7, 11) is 0. The first-order chi connectivity index (χ1) is 3.89. The highest BCUT2D eigenvalue weighted by atomic mass is 13.9. The molecule has 0 spiro atoms. The molecule has 0 heteroatoms. The zero-order valence-electron chi connectivity index (χ0n) is 5.94. The van der Waals surface area contributed by atoms with E-state index in [0.29, 0.717) is 0 Å². The van der Waals surface area contributed by atoms with Gasteiger partial charge in [-0.3, -0.25) is 0 Å². The molecular weight excluding hydrogens is 96.1 g/mol. The lowest BCUT2D eigenvalue weighted by Crippen LogP contribution is -1.51. The van der Waals surface area contributed by atoms with Crippen molar-refractivity contribution in [3.05, 3.63) is 23.8 Å². The van der Waals surface area contributed by atoms with Crippen molar-refractivity contribution in [2.45, 2.75) is 27.2 Å². The topological polar surface area (TPSA) is 0 Å². The first-order valence-corrected chi connectivity index (χ1v) is 3.23. The van der Waals surface area contributed by atoms with E-state index in [1.165, 1.54) is 5.57 Å². The molecule has 8 heavy (non-hydrogen) atoms. The van der Waals surface area contributed by atoms with Gasteiger partial charge in [0.15, 0.2) is 0 Å². The third-order valence-corrected chi connectivity index (χ3v) is 0.957. The molecule has 48 valence electrons. The smallest absolute Gasteiger partial charge is 0 e. The van der Waals surface area contributed by atoms with Gasteiger partial charge in [0.1, 0.15) is 0 Å². The van der Waals surface area contributed by atoms with Crippen LogP contribution in [0.1, 0.15) is 28.6 Å². The van der Waals surface area contributed by atoms with Crippen LogP contribution in [0.15, 0.2) is 23.8 Å². The van der Waals surface area contributed by atoms with Gasteiger partial charge in [-0.05, 0) is 13.3 Å². The molecule has 0 bridgehead atoms. The largest absolute Gasteiger partial charge is 0.0805 e. The summed E-state index contributed by atoms with van der Waals surface area (Å²) in [5.41, 5.74) is 1.40. The Bertz CT molecular complexity index is 98.4. The molecule has 0 unspecified atom stereocenters. The van der Waals surface area contributed by atoms with Crippen LogP contribution in [0.5, 0.6) is 0 Å². The molecule has 1 aliphatic carbocycles. The van der Waals surface area contributed by atoms with E-state index < -0.39 is 0 Å². The van der Waals surface area contributed by atoms with Crippen molar-refractivity contribution in [2.75, 3.05) is 0 Å². The molecule has 0 fully saturated rings. The monoisotopic (exact) mass is 112 g/mol. The second-order valence-corrected chi connectivity index (χ2v) is 1.59. The van der Waals surface area contributed by atoms with Crippen LogP contribution in [-0.2, 0) is 0 Å². The average Bonchev–Trinajstić information content (AvgIpc) is 2.24. The van der Waals surface area contributed by atoms with E-state index in [9.17, 15) is 0 Å². The van der Waals surface area contributed by atoms with E-state index in [4.69, 9.17) is 0 Å². The predicted molar refractivity (Wildman–Crippen MR) is 41.0 cm³/mol. The van der Waals surface area contributed by atoms with E-state index in [1.807, 2.05) is 13.8 Å². The van der Waals surface area contributed by atoms with E-state index in [1.54, 1.807) is 0 Å². The third-order valence-electron chi connectivity index (χ3n) is 0.957. The maximum absolute atomic E-state index is 2.21. The van der Waals surface area contributed by atoms with Crippen molar-refractivity contribution in [2.24, 2.45) is 0 Å². The summed E-state index contributed by atoms with van der Waals surface area (Å²) < 4.78 is 0. The molecule has 0 amide bonds. The fourth-order valence-corrected chi connectivity index (χ4v) is 0.576. The van der Waals surface area contributed by atoms with Gasteiger partial charge in [-0.25, -0.2) is 0 Å². The molecule has 0 heterocycles. The SMILES string of the molecule is CC.CC1=CCC=C1.[HH]. The summed E-state index contributed by atoms with van der Waals surface area (Å²) in [6, 6.07) is 0. The normalized spacial score (nSPS) is 14.6. The maximum Gasteiger partial charge on any atom is 0 e. The zero-order valence-corrected chi connectivity index (χ0v) is 5.94. The Hall–Kier alpha value is -0.520. The summed E-state index contributed by atoms with van der Waals surface area (Å²) in [5.74, 6) is 0. The van der Waals surface area contributed by atoms with Crippen LogP contribution in [0.25, 0.3) is 0 Å². The Balaban J connectivity index is 0. The molecule has 0 N–H and O–H groups in total. The minimum absolute atomic E-state index is 0. The maximum atomic E-state index is 2.21. The molecule has 0 saturated heterocycles. The van der Waals surface area contributed by atoms with Gasteiger partial charge in [0.25, 0.3) is 0 Å². The molecule has 0 aliphatic heterocycles. The summed E-state index contributed by atoms with van der Waals surface area (Å²) in [6.45, 7) is 6.11. The van der Waals surface area contributed by atoms with E-state index in [0.717, 1.165) is 6.42 Å². The molecule has 1 rings (SSSR count). The van der Waals surface area contributed by atoms with Crippen molar-refractivity contribution in [1.29, 1.82) is 0 Å². The summed E-state index contributed by atoms with van der Waals surface area (Å²) in [5, 5.41) is 0. The van der Waals surface area contributed by atoms with Crippen molar-refractivity contribution >= 4 is 0 Å². The first-order valence-electron chi connectivity index (χ1n) is 3.23. The number of hydrogen-bond donors (Lipinski definition) is 0. The lowest BCUT2D eigenvalue weighted by molar-refractivity contribution is 1.42. The van der Waals surface area contributed by atoms with Crippen LogP contribution in [0.2, 0.25) is 0 Å². The van der Waals surface area contributed by atoms with Gasteiger partial charge >= 0.3 is 0 Å². The van der Waals surface area contributed by atoms with Gasteiger partial charge in [-0.15, -0.1) is 0 Å². The van der Waals surface area contributed by atoms with Gasteiger partial charge in [0.05, 0.1) is 0 Å². The highest BCUT2D eigenvalue weighted by molar-refractivity contribution is 5.23. The highest BCUT2D eigenvalue weighted by Gasteiger charge is 1.84. The molecular formula is C8H16. The second kappa shape index (κ2) is 4.63. The Morgan fingerprint density at radius 1 is 1.50 bits per heavy atom. The van der Waals surface area contributed by atoms with Crippen LogP contribution >= 0.6 is 0 Å². The van der Waals surface area contributed by atoms with Gasteiger partial charge in [0, 0.05) is 1.43 Å². The van der Waals surface area contributed by atoms with Crippen molar-refractivity contribution < 1.29 is 1.43 Å². The third kappa shape index (κ3) is 2.62. The standard InChI is InChI=1S/C6H8.C2H6.H2/c1-6-4-2-3-5-6;1-2;/h2,4-5H,3H2,1H3;1-2H3;1H. The Labute approximate surface area is 53.4 Å². The lowest BCUT2D eigenvalue weighted by atomic mass is 10.3. The molecule has 1 aliphatic rings. The average molecular weight is 112 g/mol. The number of hydrogen-bond acceptors (Lipinski definition) is 0. The Morgan fingerprint density at radius 3 is 2.25 bits per heavy atom. The Kier molecular flexibility index (Phi) is 4.33. The van der Waals surface area contributed by atoms with Gasteiger partial charge < -0.3 is 0 Å². The van der Waals surface area contributed by atoms with Gasteiger partial charge in [-0.1, -0.05) is 37.6 Å². The van der Waals surface area contributed by atoms with E-state index in [-0.39, 0.29) is 1.43 Å². The van der Waals surface area contributed by atoms with E-state index in [2.05, 4.69) is 25.2 Å². The minimum atomic E-state index is 0. The number of rotatable bonds is 0. The second-order valence-electron chi connectivity index (χ2n) is 1.59. The van der Waals surface area contributed by atoms with Crippen LogP contribution < -0.4 is 0 Å². The first kappa shape index (κ1) is 7.48. The summed E-state index contributed by atoms with van der Waals surface area (Å²) in [4.78, 5) is 0. The molecule has 0 aromatic rings. The fraction of sp³-hybridized carbons (Fsp3) is 0.500. The van der Waals surface area contributed by atoms with Crippen molar-refractivity contribution in [1.82, 2.24) is 0 Å². The van der Waals surface area contributed by atoms with Crippen LogP contribution in [0, 0.1) is 0 Å². The molecule has 0 nitrogen and oxygen atoms in total. The molecule has 0 aromatic heterocycles. The zero-order chi connectivity index (χ0) is 6.41. The molecule has 0 atom stereocenters. The van der Waals surface area contributed by atoms with Gasteiger partial charge in [-0.2, -0.15) is 0 Å². The van der Waals surface area contributed by atoms with Crippen molar-refractivity contribution in [3.63, 3.8) is 0 Å². The molecule has 0 saturated carbocycles. The number of allylic oxidation sites excluding steroid dienone is 4. The van der Waals surface area contributed by atoms with Crippen LogP contribution in [-0.4, -0.2) is 0 Å². The predicted octanol–water partition coefficient (Wildman–Crippen LogP) is 3.16. The summed E-state index contributed by atoms with van der Waals surface area (Å²) >= 11 is 0. The molecule has 0 radical (unpaired) electrons. The van der Waals surface area contributed by atoms with Crippen LogP contribution in [0.3, 0.4) is 0 Å². The van der Waals surface area contributed by atoms with E-state index >= 15 is 0 Å². The molecule has 0 aromatic carbocycles. The summed E-state index contributed by atoms with van der Waals surface area (Å²) in [6.07, 6.45) is 7.65. The highest BCUT2D eigenvalue weighted by Crippen LogP contribution is 2.05. The van der Waals surface area contributed by atoms with Gasteiger partial charge in [0.2, 0.25) is 0 Å². The fourth-order valence-electron chi connectivity index (χ4n) is 0.576. The van der Waals surface area contributed by atoms with Crippen molar-refractivity contribution in [3.8, 4) is 0 Å².